The highest BCUT2D eigenvalue weighted by atomic mass is 16.5. The highest BCUT2D eigenvalue weighted by Crippen LogP contribution is 2.22. The monoisotopic (exact) mass is 279 g/mol. The Morgan fingerprint density at radius 1 is 1.15 bits per heavy atom. The maximum absolute atomic E-state index is 6.07. The molecular formula is C17H29NO2. The van der Waals surface area contributed by atoms with Gasteiger partial charge in [-0.05, 0) is 30.0 Å². The van der Waals surface area contributed by atoms with Gasteiger partial charge in [-0.2, -0.15) is 0 Å². The quantitative estimate of drug-likeness (QED) is 0.746. The topological polar surface area (TPSA) is 30.5 Å². The van der Waals surface area contributed by atoms with Crippen molar-refractivity contribution in [2.45, 2.75) is 46.3 Å². The van der Waals surface area contributed by atoms with E-state index in [0.717, 1.165) is 25.3 Å². The van der Waals surface area contributed by atoms with Crippen LogP contribution in [0.4, 0.5) is 0 Å². The molecule has 1 rings (SSSR count). The third kappa shape index (κ3) is 6.40. The van der Waals surface area contributed by atoms with E-state index in [2.05, 4.69) is 45.1 Å². The SMILES string of the molecule is COc1cccc(C(CNC(C)C)OCCC(C)C)c1. The number of benzene rings is 1. The first-order chi connectivity index (χ1) is 9.52. The Morgan fingerprint density at radius 3 is 2.50 bits per heavy atom. The Labute approximate surface area is 123 Å². The van der Waals surface area contributed by atoms with Gasteiger partial charge in [0.1, 0.15) is 5.75 Å². The molecule has 3 nitrogen and oxygen atoms in total. The first-order valence-corrected chi connectivity index (χ1v) is 7.51. The molecule has 0 aliphatic heterocycles. The summed E-state index contributed by atoms with van der Waals surface area (Å²) >= 11 is 0. The molecule has 1 atom stereocenters. The van der Waals surface area contributed by atoms with Crippen molar-refractivity contribution in [3.8, 4) is 5.75 Å². The predicted molar refractivity (Wildman–Crippen MR) is 84.3 cm³/mol. The van der Waals surface area contributed by atoms with Gasteiger partial charge in [0.15, 0.2) is 0 Å². The van der Waals surface area contributed by atoms with Crippen LogP contribution in [0.5, 0.6) is 5.75 Å². The second-order valence-corrected chi connectivity index (χ2v) is 5.88. The van der Waals surface area contributed by atoms with E-state index in [1.807, 2.05) is 12.1 Å². The number of hydrogen-bond donors (Lipinski definition) is 1. The van der Waals surface area contributed by atoms with Crippen LogP contribution in [-0.4, -0.2) is 26.3 Å². The molecule has 0 fully saturated rings. The summed E-state index contributed by atoms with van der Waals surface area (Å²) in [5, 5.41) is 3.45. The molecule has 114 valence electrons. The molecule has 3 heteroatoms. The van der Waals surface area contributed by atoms with Crippen LogP contribution in [0.2, 0.25) is 0 Å². The van der Waals surface area contributed by atoms with Crippen molar-refractivity contribution >= 4 is 0 Å². The van der Waals surface area contributed by atoms with Crippen LogP contribution >= 0.6 is 0 Å². The van der Waals surface area contributed by atoms with E-state index in [-0.39, 0.29) is 6.10 Å². The Morgan fingerprint density at radius 2 is 1.90 bits per heavy atom. The lowest BCUT2D eigenvalue weighted by molar-refractivity contribution is 0.0444. The highest BCUT2D eigenvalue weighted by Gasteiger charge is 2.13. The minimum absolute atomic E-state index is 0.0752. The maximum Gasteiger partial charge on any atom is 0.119 e. The van der Waals surface area contributed by atoms with Crippen LogP contribution in [0.15, 0.2) is 24.3 Å². The summed E-state index contributed by atoms with van der Waals surface area (Å²) in [4.78, 5) is 0. The van der Waals surface area contributed by atoms with Gasteiger partial charge in [0, 0.05) is 19.2 Å². The normalized spacial score (nSPS) is 12.9. The van der Waals surface area contributed by atoms with Gasteiger partial charge in [0.2, 0.25) is 0 Å². The Bertz CT molecular complexity index is 377. The molecule has 1 aromatic rings. The summed E-state index contributed by atoms with van der Waals surface area (Å²) in [5.41, 5.74) is 1.17. The lowest BCUT2D eigenvalue weighted by Gasteiger charge is -2.21. The molecule has 0 saturated heterocycles. The predicted octanol–water partition coefficient (Wildman–Crippen LogP) is 3.80. The van der Waals surface area contributed by atoms with E-state index in [1.54, 1.807) is 7.11 Å². The molecule has 0 spiro atoms. The van der Waals surface area contributed by atoms with Gasteiger partial charge >= 0.3 is 0 Å². The van der Waals surface area contributed by atoms with Crippen molar-refractivity contribution in [3.63, 3.8) is 0 Å². The minimum Gasteiger partial charge on any atom is -0.497 e. The summed E-state index contributed by atoms with van der Waals surface area (Å²) in [6, 6.07) is 8.59. The Kier molecular flexibility index (Phi) is 7.63. The van der Waals surface area contributed by atoms with Gasteiger partial charge in [0.25, 0.3) is 0 Å². The van der Waals surface area contributed by atoms with Gasteiger partial charge in [-0.3, -0.25) is 0 Å². The van der Waals surface area contributed by atoms with Gasteiger partial charge in [-0.25, -0.2) is 0 Å². The second kappa shape index (κ2) is 8.98. The van der Waals surface area contributed by atoms with Crippen LogP contribution in [0, 0.1) is 5.92 Å². The number of hydrogen-bond acceptors (Lipinski definition) is 3. The standard InChI is InChI=1S/C17H29NO2/c1-13(2)9-10-20-17(12-18-14(3)4)15-7-6-8-16(11-15)19-5/h6-8,11,13-14,17-18H,9-10,12H2,1-5H3. The van der Waals surface area contributed by atoms with Crippen LogP contribution in [0.1, 0.15) is 45.8 Å². The van der Waals surface area contributed by atoms with E-state index in [9.17, 15) is 0 Å². The molecule has 0 radical (unpaired) electrons. The Hall–Kier alpha value is -1.06. The van der Waals surface area contributed by atoms with Crippen molar-refractivity contribution in [2.24, 2.45) is 5.92 Å². The molecule has 0 aromatic heterocycles. The zero-order valence-corrected chi connectivity index (χ0v) is 13.5. The van der Waals surface area contributed by atoms with Crippen molar-refractivity contribution in [3.05, 3.63) is 29.8 Å². The van der Waals surface area contributed by atoms with Gasteiger partial charge in [-0.15, -0.1) is 0 Å². The highest BCUT2D eigenvalue weighted by molar-refractivity contribution is 5.30. The van der Waals surface area contributed by atoms with Crippen molar-refractivity contribution < 1.29 is 9.47 Å². The summed E-state index contributed by atoms with van der Waals surface area (Å²) in [7, 11) is 1.69. The lowest BCUT2D eigenvalue weighted by Crippen LogP contribution is -2.29. The fraction of sp³-hybridized carbons (Fsp3) is 0.647. The number of rotatable bonds is 9. The fourth-order valence-electron chi connectivity index (χ4n) is 1.90. The summed E-state index contributed by atoms with van der Waals surface area (Å²) in [5.74, 6) is 1.54. The van der Waals surface area contributed by atoms with Crippen LogP contribution in [0.25, 0.3) is 0 Å². The minimum atomic E-state index is 0.0752. The molecule has 0 saturated carbocycles. The molecular weight excluding hydrogens is 250 g/mol. The fourth-order valence-corrected chi connectivity index (χ4v) is 1.90. The van der Waals surface area contributed by atoms with E-state index >= 15 is 0 Å². The molecule has 1 aromatic carbocycles. The molecule has 0 heterocycles. The second-order valence-electron chi connectivity index (χ2n) is 5.88. The van der Waals surface area contributed by atoms with Crippen LogP contribution in [-0.2, 0) is 4.74 Å². The molecule has 0 aliphatic carbocycles. The average Bonchev–Trinajstić information content (AvgIpc) is 2.42. The number of ether oxygens (including phenoxy) is 2. The van der Waals surface area contributed by atoms with Crippen LogP contribution in [0.3, 0.4) is 0 Å². The van der Waals surface area contributed by atoms with E-state index in [1.165, 1.54) is 5.56 Å². The molecule has 1 unspecified atom stereocenters. The van der Waals surface area contributed by atoms with E-state index in [0.29, 0.717) is 12.0 Å². The summed E-state index contributed by atoms with van der Waals surface area (Å²) in [6.07, 6.45) is 1.16. The number of methoxy groups -OCH3 is 1. The first-order valence-electron chi connectivity index (χ1n) is 7.51. The van der Waals surface area contributed by atoms with Gasteiger partial charge in [0.05, 0.1) is 13.2 Å². The average molecular weight is 279 g/mol. The molecule has 0 amide bonds. The van der Waals surface area contributed by atoms with Gasteiger partial charge in [-0.1, -0.05) is 39.8 Å². The van der Waals surface area contributed by atoms with E-state index in [4.69, 9.17) is 9.47 Å². The third-order valence-electron chi connectivity index (χ3n) is 3.19. The summed E-state index contributed by atoms with van der Waals surface area (Å²) < 4.78 is 11.4. The maximum atomic E-state index is 6.07. The van der Waals surface area contributed by atoms with E-state index < -0.39 is 0 Å². The van der Waals surface area contributed by atoms with Crippen molar-refractivity contribution in [2.75, 3.05) is 20.3 Å². The van der Waals surface area contributed by atoms with Gasteiger partial charge < -0.3 is 14.8 Å². The molecule has 0 bridgehead atoms. The smallest absolute Gasteiger partial charge is 0.119 e. The largest absolute Gasteiger partial charge is 0.497 e. The van der Waals surface area contributed by atoms with Crippen LogP contribution < -0.4 is 10.1 Å². The zero-order valence-electron chi connectivity index (χ0n) is 13.5. The third-order valence-corrected chi connectivity index (χ3v) is 3.19. The zero-order chi connectivity index (χ0) is 15.0. The lowest BCUT2D eigenvalue weighted by atomic mass is 10.1. The molecule has 20 heavy (non-hydrogen) atoms. The van der Waals surface area contributed by atoms with Crippen molar-refractivity contribution in [1.29, 1.82) is 0 Å². The molecule has 0 aliphatic rings. The number of nitrogens with one attached hydrogen (secondary N) is 1. The van der Waals surface area contributed by atoms with Crippen molar-refractivity contribution in [1.82, 2.24) is 5.32 Å². The first kappa shape index (κ1) is 17.0. The Balaban J connectivity index is 2.68. The molecule has 1 N–H and O–H groups in total. The summed E-state index contributed by atoms with van der Waals surface area (Å²) in [6.45, 7) is 10.3.